The predicted octanol–water partition coefficient (Wildman–Crippen LogP) is 2.68. The van der Waals surface area contributed by atoms with Gasteiger partial charge in [0, 0.05) is 37.0 Å². The number of imidazole rings is 1. The number of carbonyl (C=O) groups is 1. The van der Waals surface area contributed by atoms with Gasteiger partial charge in [-0.3, -0.25) is 14.8 Å². The van der Waals surface area contributed by atoms with Crippen molar-refractivity contribution < 1.29 is 19.2 Å². The molecule has 0 aliphatic heterocycles. The Bertz CT molecular complexity index is 1200. The van der Waals surface area contributed by atoms with Crippen LogP contribution in [0.3, 0.4) is 0 Å². The van der Waals surface area contributed by atoms with Crippen molar-refractivity contribution in [1.29, 1.82) is 0 Å². The van der Waals surface area contributed by atoms with Crippen molar-refractivity contribution in [2.24, 2.45) is 0 Å². The first kappa shape index (κ1) is 18.4. The van der Waals surface area contributed by atoms with Gasteiger partial charge in [-0.1, -0.05) is 0 Å². The minimum absolute atomic E-state index is 0.251. The molecule has 0 radical (unpaired) electrons. The van der Waals surface area contributed by atoms with Crippen LogP contribution in [0, 0.1) is 24.9 Å². The van der Waals surface area contributed by atoms with Gasteiger partial charge in [-0.2, -0.15) is 4.98 Å². The van der Waals surface area contributed by atoms with Gasteiger partial charge in [0.1, 0.15) is 34.0 Å². The minimum Gasteiger partial charge on any atom is -0.448 e. The lowest BCUT2D eigenvalue weighted by molar-refractivity contribution is -0.487. The molecule has 7 nitrogen and oxygen atoms in total. The monoisotopic (exact) mass is 390 g/mol. The van der Waals surface area contributed by atoms with E-state index in [1.807, 2.05) is 12.2 Å². The average Bonchev–Trinajstić information content (AvgIpc) is 3.11. The number of benzene rings is 1. The normalized spacial score (nSPS) is 10.6. The summed E-state index contributed by atoms with van der Waals surface area (Å²) in [6.07, 6.45) is 1.49. The number of carbonyl (C=O) groups excluding carboxylic acids is 1. The molecular formula is C21H17FN5O2+. The topological polar surface area (TPSA) is 96.5 Å². The molecule has 0 atom stereocenters. The van der Waals surface area contributed by atoms with Gasteiger partial charge in [-0.05, 0) is 37.3 Å². The zero-order valence-electron chi connectivity index (χ0n) is 15.7. The average molecular weight is 390 g/mol. The van der Waals surface area contributed by atoms with E-state index < -0.39 is 0 Å². The van der Waals surface area contributed by atoms with Crippen LogP contribution < -0.4 is 15.4 Å². The largest absolute Gasteiger partial charge is 0.448 e. The highest BCUT2D eigenvalue weighted by Crippen LogP contribution is 2.23. The standard InChI is InChI=1S/C21H16FN5O2/c1-12-9-13(22)3-5-16(12)25-21-26-17-6-4-14(10-18(17)27-21)29-15-7-8-24-19(11-15)20(28)23-2/h3,5,7-11H,1-2H3,(H,23,28)(H2,25,26,27)/p+1. The number of nitrogens with one attached hydrogen (secondary N) is 2. The van der Waals surface area contributed by atoms with Gasteiger partial charge < -0.3 is 10.1 Å². The molecule has 4 rings (SSSR count). The number of hydrogen-bond donors (Lipinski definition) is 3. The van der Waals surface area contributed by atoms with Crippen molar-refractivity contribution in [2.45, 2.75) is 6.92 Å². The van der Waals surface area contributed by atoms with E-state index in [1.54, 1.807) is 18.2 Å². The number of aromatic nitrogens is 3. The molecule has 0 bridgehead atoms. The number of halogens is 1. The second-order valence-electron chi connectivity index (χ2n) is 6.34. The Balaban J connectivity index is 1.56. The van der Waals surface area contributed by atoms with Crippen LogP contribution in [-0.2, 0) is 0 Å². The number of aryl methyl sites for hydroxylation is 1. The van der Waals surface area contributed by atoms with E-state index in [0.717, 1.165) is 11.3 Å². The van der Waals surface area contributed by atoms with Crippen molar-refractivity contribution >= 4 is 28.6 Å². The molecule has 0 aliphatic rings. The summed E-state index contributed by atoms with van der Waals surface area (Å²) < 4.78 is 19.0. The van der Waals surface area contributed by atoms with Gasteiger partial charge in [0.25, 0.3) is 5.91 Å². The summed E-state index contributed by atoms with van der Waals surface area (Å²) in [7, 11) is 1.54. The van der Waals surface area contributed by atoms with Crippen LogP contribution in [0.2, 0.25) is 0 Å². The Morgan fingerprint density at radius 3 is 2.90 bits per heavy atom. The van der Waals surface area contributed by atoms with Crippen LogP contribution in [0.5, 0.6) is 11.5 Å². The van der Waals surface area contributed by atoms with Gasteiger partial charge >= 0.3 is 5.95 Å². The fourth-order valence-electron chi connectivity index (χ4n) is 2.82. The van der Waals surface area contributed by atoms with Crippen LogP contribution in [0.25, 0.3) is 11.0 Å². The number of pyridine rings is 1. The van der Waals surface area contributed by atoms with E-state index in [2.05, 4.69) is 32.4 Å². The zero-order chi connectivity index (χ0) is 20.4. The molecule has 144 valence electrons. The van der Waals surface area contributed by atoms with E-state index in [-0.39, 0.29) is 17.4 Å². The molecule has 2 aromatic carbocycles. The number of nitrogens with zero attached hydrogens (tertiary/aromatic N) is 2. The van der Waals surface area contributed by atoms with Crippen molar-refractivity contribution in [3.05, 3.63) is 71.8 Å². The number of ether oxygens (including phenoxy) is 1. The highest BCUT2D eigenvalue weighted by molar-refractivity contribution is 5.92. The Hall–Kier alpha value is -3.96. The van der Waals surface area contributed by atoms with Crippen LogP contribution >= 0.6 is 0 Å². The molecule has 1 amide bonds. The number of aromatic amines is 1. The number of amides is 1. The smallest absolute Gasteiger partial charge is 0.309 e. The van der Waals surface area contributed by atoms with Gasteiger partial charge in [0.05, 0.1) is 0 Å². The molecule has 0 fully saturated rings. The van der Waals surface area contributed by atoms with Gasteiger partial charge in [-0.15, -0.1) is 0 Å². The number of H-pyrrole nitrogens is 1. The van der Waals surface area contributed by atoms with E-state index in [9.17, 15) is 9.18 Å². The molecular weight excluding hydrogens is 373 g/mol. The highest BCUT2D eigenvalue weighted by atomic mass is 19.1. The summed E-state index contributed by atoms with van der Waals surface area (Å²) in [5, 5.41) is 4.35. The quantitative estimate of drug-likeness (QED) is 0.457. The van der Waals surface area contributed by atoms with Crippen LogP contribution in [0.15, 0.2) is 42.6 Å². The Labute approximate surface area is 166 Å². The summed E-state index contributed by atoms with van der Waals surface area (Å²) >= 11 is 0. The molecule has 4 aromatic rings. The molecule has 0 spiro atoms. The maximum Gasteiger partial charge on any atom is 0.309 e. The summed E-state index contributed by atoms with van der Waals surface area (Å²) in [5.41, 5.74) is 3.25. The summed E-state index contributed by atoms with van der Waals surface area (Å²) in [6.45, 7) is 1.84. The summed E-state index contributed by atoms with van der Waals surface area (Å²) in [4.78, 5) is 23.4. The SMILES string of the molecule is CNC(=O)c1cc(Oc2c#cc3[nH]c([NH2+]c4ccc(F)cc4C)nc3c2)ccn1. The highest BCUT2D eigenvalue weighted by Gasteiger charge is 2.12. The number of nitrogens with two attached hydrogens (primary N) is 1. The molecule has 8 heteroatoms. The van der Waals surface area contributed by atoms with Crippen LogP contribution in [0.4, 0.5) is 16.0 Å². The van der Waals surface area contributed by atoms with Crippen molar-refractivity contribution in [3.63, 3.8) is 0 Å². The lowest BCUT2D eigenvalue weighted by Crippen LogP contribution is -2.72. The second kappa shape index (κ2) is 7.58. The first-order chi connectivity index (χ1) is 14.0. The summed E-state index contributed by atoms with van der Waals surface area (Å²) in [5.74, 6) is 0.895. The second-order valence-corrected chi connectivity index (χ2v) is 6.34. The Kier molecular flexibility index (Phi) is 4.81. The van der Waals surface area contributed by atoms with Crippen molar-refractivity contribution in [1.82, 2.24) is 20.3 Å². The number of rotatable bonds is 5. The molecule has 4 N–H and O–H groups in total. The molecule has 0 aliphatic carbocycles. The maximum absolute atomic E-state index is 13.3. The Morgan fingerprint density at radius 1 is 1.24 bits per heavy atom. The van der Waals surface area contributed by atoms with Crippen LogP contribution in [-0.4, -0.2) is 27.9 Å². The molecule has 0 saturated heterocycles. The fraction of sp³-hybridized carbons (Fsp3) is 0.0952. The first-order valence-electron chi connectivity index (χ1n) is 8.82. The van der Waals surface area contributed by atoms with Crippen LogP contribution in [0.1, 0.15) is 16.1 Å². The third-order valence-corrected chi connectivity index (χ3v) is 4.27. The molecule has 2 aromatic heterocycles. The van der Waals surface area contributed by atoms with Crippen molar-refractivity contribution in [2.75, 3.05) is 7.05 Å². The Morgan fingerprint density at radius 2 is 2.10 bits per heavy atom. The maximum atomic E-state index is 13.3. The third kappa shape index (κ3) is 4.00. The predicted molar refractivity (Wildman–Crippen MR) is 104 cm³/mol. The third-order valence-electron chi connectivity index (χ3n) is 4.27. The lowest BCUT2D eigenvalue weighted by Gasteiger charge is -2.04. The minimum atomic E-state index is -0.301. The number of quaternary nitrogens is 1. The number of fused-ring (bicyclic) bond motifs is 1. The molecule has 2 heterocycles. The van der Waals surface area contributed by atoms with E-state index in [0.29, 0.717) is 28.5 Å². The van der Waals surface area contributed by atoms with Gasteiger partial charge in [0.15, 0.2) is 5.75 Å². The lowest BCUT2D eigenvalue weighted by atomic mass is 10.2. The molecule has 29 heavy (non-hydrogen) atoms. The van der Waals surface area contributed by atoms with Crippen molar-refractivity contribution in [3.8, 4) is 11.5 Å². The first-order valence-corrected chi connectivity index (χ1v) is 8.82. The van der Waals surface area contributed by atoms with E-state index in [1.165, 1.54) is 31.4 Å². The molecule has 0 unspecified atom stereocenters. The fourth-order valence-corrected chi connectivity index (χ4v) is 2.82. The van der Waals surface area contributed by atoms with Gasteiger partial charge in [0.2, 0.25) is 0 Å². The van der Waals surface area contributed by atoms with E-state index >= 15 is 0 Å². The van der Waals surface area contributed by atoms with Gasteiger partial charge in [-0.25, -0.2) is 9.71 Å². The van der Waals surface area contributed by atoms with E-state index in [4.69, 9.17) is 4.74 Å². The molecule has 0 saturated carbocycles. The summed E-state index contributed by atoms with van der Waals surface area (Å²) in [6, 6.07) is 15.4. The number of hydrogen-bond acceptors (Lipinski definition) is 4. The zero-order valence-corrected chi connectivity index (χ0v) is 15.7.